The smallest absolute Gasteiger partial charge is 0.220 e. The molecule has 3 atom stereocenters. The van der Waals surface area contributed by atoms with Crippen LogP contribution in [-0.4, -0.2) is 46.1 Å². The minimum Gasteiger partial charge on any atom is -0.394 e. The molecule has 0 spiro atoms. The number of carbonyl (C=O) groups is 1. The van der Waals surface area contributed by atoms with Crippen LogP contribution in [0.5, 0.6) is 0 Å². The van der Waals surface area contributed by atoms with E-state index in [9.17, 15) is 20.1 Å². The maximum absolute atomic E-state index is 12.3. The summed E-state index contributed by atoms with van der Waals surface area (Å²) in [5, 5.41) is 33.2. The van der Waals surface area contributed by atoms with Gasteiger partial charge in [0.1, 0.15) is 6.10 Å². The largest absolute Gasteiger partial charge is 0.394 e. The third-order valence-electron chi connectivity index (χ3n) is 8.37. The van der Waals surface area contributed by atoms with Crippen LogP contribution in [0.3, 0.4) is 0 Å². The molecule has 0 aliphatic heterocycles. The monoisotopic (exact) mass is 582 g/mol. The van der Waals surface area contributed by atoms with E-state index < -0.39 is 18.2 Å². The van der Waals surface area contributed by atoms with Crippen molar-refractivity contribution in [2.45, 2.75) is 205 Å². The van der Waals surface area contributed by atoms with Crippen LogP contribution in [0.15, 0.2) is 12.2 Å². The van der Waals surface area contributed by atoms with Gasteiger partial charge in [0.15, 0.2) is 0 Å². The Morgan fingerprint density at radius 1 is 0.585 bits per heavy atom. The van der Waals surface area contributed by atoms with E-state index in [1.54, 1.807) is 0 Å². The lowest BCUT2D eigenvalue weighted by molar-refractivity contribution is -0.124. The van der Waals surface area contributed by atoms with E-state index in [4.69, 9.17) is 0 Å². The van der Waals surface area contributed by atoms with Crippen molar-refractivity contribution < 1.29 is 20.1 Å². The van der Waals surface area contributed by atoms with E-state index in [1.807, 2.05) is 0 Å². The number of aliphatic hydroxyl groups is 3. The van der Waals surface area contributed by atoms with Crippen LogP contribution < -0.4 is 5.32 Å². The van der Waals surface area contributed by atoms with Gasteiger partial charge in [0.25, 0.3) is 0 Å². The third kappa shape index (κ3) is 27.7. The summed E-state index contributed by atoms with van der Waals surface area (Å²) in [6, 6.07) is -0.817. The number of unbranched alkanes of at least 4 members (excludes halogenated alkanes) is 22. The normalized spacial score (nSPS) is 14.0. The minimum absolute atomic E-state index is 0.158. The van der Waals surface area contributed by atoms with Crippen LogP contribution in [0.1, 0.15) is 187 Å². The lowest BCUT2D eigenvalue weighted by atomic mass is 10.0. The molecule has 0 saturated carbocycles. The van der Waals surface area contributed by atoms with Crippen LogP contribution in [0.25, 0.3) is 0 Å². The zero-order valence-electron chi connectivity index (χ0n) is 27.4. The fourth-order valence-corrected chi connectivity index (χ4v) is 5.51. The molecule has 0 aromatic carbocycles. The molecule has 0 fully saturated rings. The van der Waals surface area contributed by atoms with Crippen molar-refractivity contribution in [3.8, 4) is 0 Å². The van der Waals surface area contributed by atoms with Gasteiger partial charge in [0, 0.05) is 6.42 Å². The number of allylic oxidation sites excluding steroid dienone is 2. The summed E-state index contributed by atoms with van der Waals surface area (Å²) in [7, 11) is 0. The molecule has 0 heterocycles. The van der Waals surface area contributed by atoms with Crippen LogP contribution >= 0.6 is 0 Å². The lowest BCUT2D eigenvalue weighted by Crippen LogP contribution is -2.50. The highest BCUT2D eigenvalue weighted by atomic mass is 16.3. The van der Waals surface area contributed by atoms with Gasteiger partial charge in [0.2, 0.25) is 5.91 Å². The first-order chi connectivity index (χ1) is 20.1. The average Bonchev–Trinajstić information content (AvgIpc) is 2.97. The highest BCUT2D eigenvalue weighted by molar-refractivity contribution is 5.76. The van der Waals surface area contributed by atoms with E-state index in [-0.39, 0.29) is 12.5 Å². The summed E-state index contributed by atoms with van der Waals surface area (Å²) in [6.45, 7) is 4.13. The van der Waals surface area contributed by atoms with Crippen molar-refractivity contribution in [1.82, 2.24) is 5.32 Å². The standard InChI is InChI=1S/C36H71NO4/c1-3-5-7-9-11-13-14-15-16-17-18-19-20-21-23-24-26-28-30-34(39)36(41)33(32-38)37-35(40)31-29-27-25-22-12-10-8-6-4-2/h23-24,33-34,36,38-39,41H,3-22,25-32H2,1-2H3,(H,37,40)/b24-23+. The molecule has 0 rings (SSSR count). The molecule has 0 aliphatic rings. The maximum Gasteiger partial charge on any atom is 0.220 e. The summed E-state index contributed by atoms with van der Waals surface area (Å²) in [6.07, 6.45) is 34.5. The SMILES string of the molecule is CCCCCCCCCCCCCCC/C=C/CCCC(O)C(O)C(CO)NC(=O)CCCCCCCCCCC. The molecule has 0 aromatic rings. The Hall–Kier alpha value is -0.910. The van der Waals surface area contributed by atoms with Gasteiger partial charge in [-0.1, -0.05) is 154 Å². The van der Waals surface area contributed by atoms with Crippen LogP contribution in [-0.2, 0) is 4.79 Å². The molecular weight excluding hydrogens is 510 g/mol. The molecule has 0 bridgehead atoms. The quantitative estimate of drug-likeness (QED) is 0.0471. The molecule has 244 valence electrons. The fraction of sp³-hybridized carbons (Fsp3) is 0.917. The minimum atomic E-state index is -1.15. The van der Waals surface area contributed by atoms with Crippen molar-refractivity contribution in [1.29, 1.82) is 0 Å². The van der Waals surface area contributed by atoms with Crippen molar-refractivity contribution in [2.75, 3.05) is 6.61 Å². The molecule has 4 N–H and O–H groups in total. The highest BCUT2D eigenvalue weighted by Crippen LogP contribution is 2.14. The van der Waals surface area contributed by atoms with Gasteiger partial charge in [-0.15, -0.1) is 0 Å². The number of hydrogen-bond acceptors (Lipinski definition) is 4. The van der Waals surface area contributed by atoms with Crippen molar-refractivity contribution >= 4 is 5.91 Å². The topological polar surface area (TPSA) is 89.8 Å². The molecule has 0 aromatic heterocycles. The number of nitrogens with one attached hydrogen (secondary N) is 1. The highest BCUT2D eigenvalue weighted by Gasteiger charge is 2.26. The molecule has 0 radical (unpaired) electrons. The summed E-state index contributed by atoms with van der Waals surface area (Å²) in [4.78, 5) is 12.3. The van der Waals surface area contributed by atoms with E-state index in [0.29, 0.717) is 12.8 Å². The number of carbonyl (C=O) groups excluding carboxylic acids is 1. The Morgan fingerprint density at radius 3 is 1.41 bits per heavy atom. The molecule has 0 aliphatic carbocycles. The van der Waals surface area contributed by atoms with Gasteiger partial charge in [-0.05, 0) is 38.5 Å². The average molecular weight is 582 g/mol. The van der Waals surface area contributed by atoms with Crippen molar-refractivity contribution in [3.05, 3.63) is 12.2 Å². The van der Waals surface area contributed by atoms with Gasteiger partial charge in [-0.3, -0.25) is 4.79 Å². The van der Waals surface area contributed by atoms with Gasteiger partial charge in [0.05, 0.1) is 18.8 Å². The summed E-state index contributed by atoms with van der Waals surface area (Å²) < 4.78 is 0. The van der Waals surface area contributed by atoms with E-state index in [2.05, 4.69) is 31.3 Å². The summed E-state index contributed by atoms with van der Waals surface area (Å²) >= 11 is 0. The van der Waals surface area contributed by atoms with Gasteiger partial charge >= 0.3 is 0 Å². The maximum atomic E-state index is 12.3. The molecule has 41 heavy (non-hydrogen) atoms. The first kappa shape index (κ1) is 40.1. The number of hydrogen-bond donors (Lipinski definition) is 4. The fourth-order valence-electron chi connectivity index (χ4n) is 5.51. The third-order valence-corrected chi connectivity index (χ3v) is 8.37. The Bertz CT molecular complexity index is 568. The zero-order chi connectivity index (χ0) is 30.2. The first-order valence-corrected chi connectivity index (χ1v) is 18.0. The summed E-state index contributed by atoms with van der Waals surface area (Å²) in [5.74, 6) is -0.158. The Kier molecular flexibility index (Phi) is 31.3. The molecular formula is C36H71NO4. The Morgan fingerprint density at radius 2 is 0.976 bits per heavy atom. The molecule has 5 heteroatoms. The molecule has 5 nitrogen and oxygen atoms in total. The second kappa shape index (κ2) is 32.0. The van der Waals surface area contributed by atoms with Gasteiger partial charge in [-0.25, -0.2) is 0 Å². The lowest BCUT2D eigenvalue weighted by Gasteiger charge is -2.26. The zero-order valence-corrected chi connectivity index (χ0v) is 27.4. The van der Waals surface area contributed by atoms with Crippen molar-refractivity contribution in [3.63, 3.8) is 0 Å². The summed E-state index contributed by atoms with van der Waals surface area (Å²) in [5.41, 5.74) is 0. The van der Waals surface area contributed by atoms with Crippen LogP contribution in [0, 0.1) is 0 Å². The first-order valence-electron chi connectivity index (χ1n) is 18.0. The van der Waals surface area contributed by atoms with E-state index in [0.717, 1.165) is 38.5 Å². The van der Waals surface area contributed by atoms with Gasteiger partial charge in [-0.2, -0.15) is 0 Å². The Labute approximate surface area is 255 Å². The second-order valence-corrected chi connectivity index (χ2v) is 12.4. The van der Waals surface area contributed by atoms with Crippen LogP contribution in [0.4, 0.5) is 0 Å². The molecule has 1 amide bonds. The second-order valence-electron chi connectivity index (χ2n) is 12.4. The van der Waals surface area contributed by atoms with Crippen molar-refractivity contribution in [2.24, 2.45) is 0 Å². The van der Waals surface area contributed by atoms with E-state index >= 15 is 0 Å². The Balaban J connectivity index is 3.70. The predicted octanol–water partition coefficient (Wildman–Crippen LogP) is 9.31. The predicted molar refractivity (Wildman–Crippen MR) is 176 cm³/mol. The molecule has 0 saturated heterocycles. The number of amides is 1. The van der Waals surface area contributed by atoms with E-state index in [1.165, 1.54) is 122 Å². The number of rotatable bonds is 32. The molecule has 3 unspecified atom stereocenters. The van der Waals surface area contributed by atoms with Crippen LogP contribution in [0.2, 0.25) is 0 Å². The number of aliphatic hydroxyl groups excluding tert-OH is 3. The van der Waals surface area contributed by atoms with Gasteiger partial charge < -0.3 is 20.6 Å².